The first kappa shape index (κ1) is 21.3. The fourth-order valence-corrected chi connectivity index (χ4v) is 4.88. The molecule has 1 fully saturated rings. The van der Waals surface area contributed by atoms with E-state index in [1.807, 2.05) is 0 Å². The number of sulfonamides is 1. The highest BCUT2D eigenvalue weighted by atomic mass is 79.9. The Morgan fingerprint density at radius 3 is 2.21 bits per heavy atom. The second-order valence-corrected chi connectivity index (χ2v) is 8.90. The van der Waals surface area contributed by atoms with E-state index in [1.54, 1.807) is 0 Å². The van der Waals surface area contributed by atoms with Crippen LogP contribution in [0.1, 0.15) is 10.4 Å². The largest absolute Gasteiger partial charge is 0.336 e. The summed E-state index contributed by atoms with van der Waals surface area (Å²) in [4.78, 5) is 23.3. The van der Waals surface area contributed by atoms with Gasteiger partial charge >= 0.3 is 0 Å². The Labute approximate surface area is 173 Å². The molecular weight excluding hydrogens is 476 g/mol. The lowest BCUT2D eigenvalue weighted by atomic mass is 10.1. The number of halogens is 3. The number of carbonyl (C=O) groups excluding carboxylic acids is 1. The zero-order valence-corrected chi connectivity index (χ0v) is 17.1. The van der Waals surface area contributed by atoms with Crippen molar-refractivity contribution in [1.82, 2.24) is 9.21 Å². The van der Waals surface area contributed by atoms with Gasteiger partial charge in [0, 0.05) is 37.8 Å². The van der Waals surface area contributed by atoms with Gasteiger partial charge in [0.05, 0.1) is 9.40 Å². The van der Waals surface area contributed by atoms with E-state index in [0.717, 1.165) is 28.6 Å². The summed E-state index contributed by atoms with van der Waals surface area (Å²) in [5.74, 6) is -2.88. The van der Waals surface area contributed by atoms with Crippen LogP contribution in [0.3, 0.4) is 0 Å². The van der Waals surface area contributed by atoms with Gasteiger partial charge in [0.15, 0.2) is 4.90 Å². The van der Waals surface area contributed by atoms with Crippen molar-refractivity contribution in [2.24, 2.45) is 0 Å². The van der Waals surface area contributed by atoms with Crippen molar-refractivity contribution in [2.75, 3.05) is 26.2 Å². The monoisotopic (exact) mass is 489 g/mol. The Kier molecular flexibility index (Phi) is 5.96. The molecule has 3 rings (SSSR count). The Hall–Kier alpha value is -2.44. The summed E-state index contributed by atoms with van der Waals surface area (Å²) in [6.07, 6.45) is 0. The van der Waals surface area contributed by atoms with E-state index in [4.69, 9.17) is 0 Å². The summed E-state index contributed by atoms with van der Waals surface area (Å²) in [6, 6.07) is 6.71. The van der Waals surface area contributed by atoms with Gasteiger partial charge < -0.3 is 4.90 Å². The molecule has 0 radical (unpaired) electrons. The third-order valence-corrected chi connectivity index (χ3v) is 7.05. The second-order valence-electron chi connectivity index (χ2n) is 6.17. The summed E-state index contributed by atoms with van der Waals surface area (Å²) in [6.45, 7) is -0.392. The molecule has 0 N–H and O–H groups in total. The van der Waals surface area contributed by atoms with Crippen molar-refractivity contribution in [2.45, 2.75) is 4.90 Å². The molecule has 0 bridgehead atoms. The molecule has 1 aliphatic rings. The molecule has 0 aliphatic carbocycles. The number of nitrogens with zero attached hydrogens (tertiary/aromatic N) is 3. The standard InChI is InChI=1S/C17H14BrF2N3O5S/c18-12-5-4-11(10-15(12)23(25)26)17(24)21-6-8-22(9-7-21)29(27,28)16-13(19)2-1-3-14(16)20/h1-5,10H,6-9H2. The molecule has 1 amide bonds. The molecule has 0 aromatic heterocycles. The van der Waals surface area contributed by atoms with E-state index in [-0.39, 0.29) is 41.9 Å². The number of nitro groups is 1. The van der Waals surface area contributed by atoms with E-state index in [2.05, 4.69) is 15.9 Å². The first-order chi connectivity index (χ1) is 13.6. The van der Waals surface area contributed by atoms with Gasteiger partial charge in [-0.25, -0.2) is 17.2 Å². The molecule has 0 saturated carbocycles. The van der Waals surface area contributed by atoms with Crippen molar-refractivity contribution < 1.29 is 26.9 Å². The predicted molar refractivity (Wildman–Crippen MR) is 102 cm³/mol. The van der Waals surface area contributed by atoms with Crippen LogP contribution in [0, 0.1) is 21.7 Å². The van der Waals surface area contributed by atoms with Crippen LogP contribution < -0.4 is 0 Å². The topological polar surface area (TPSA) is 101 Å². The maximum atomic E-state index is 13.9. The highest BCUT2D eigenvalue weighted by Gasteiger charge is 2.34. The number of rotatable bonds is 4. The zero-order valence-electron chi connectivity index (χ0n) is 14.7. The minimum absolute atomic E-state index is 0.0298. The van der Waals surface area contributed by atoms with Crippen LogP contribution in [0.15, 0.2) is 45.8 Å². The van der Waals surface area contributed by atoms with Gasteiger partial charge in [0.1, 0.15) is 11.6 Å². The molecule has 12 heteroatoms. The minimum Gasteiger partial charge on any atom is -0.336 e. The molecule has 29 heavy (non-hydrogen) atoms. The smallest absolute Gasteiger partial charge is 0.284 e. The number of hydrogen-bond acceptors (Lipinski definition) is 5. The van der Waals surface area contributed by atoms with E-state index in [0.29, 0.717) is 0 Å². The highest BCUT2D eigenvalue weighted by molar-refractivity contribution is 9.10. The first-order valence-electron chi connectivity index (χ1n) is 8.30. The van der Waals surface area contributed by atoms with Crippen LogP contribution in [0.5, 0.6) is 0 Å². The van der Waals surface area contributed by atoms with Gasteiger partial charge in [-0.2, -0.15) is 4.31 Å². The van der Waals surface area contributed by atoms with Crippen LogP contribution in [0.25, 0.3) is 0 Å². The van der Waals surface area contributed by atoms with Crippen molar-refractivity contribution in [3.05, 3.63) is 68.2 Å². The van der Waals surface area contributed by atoms with Crippen molar-refractivity contribution >= 4 is 37.5 Å². The third-order valence-electron chi connectivity index (χ3n) is 4.43. The summed E-state index contributed by atoms with van der Waals surface area (Å²) in [5.41, 5.74) is -0.191. The normalized spacial score (nSPS) is 15.3. The van der Waals surface area contributed by atoms with Crippen molar-refractivity contribution in [3.8, 4) is 0 Å². The van der Waals surface area contributed by atoms with E-state index < -0.39 is 37.4 Å². The molecule has 2 aromatic carbocycles. The lowest BCUT2D eigenvalue weighted by molar-refractivity contribution is -0.385. The quantitative estimate of drug-likeness (QED) is 0.485. The summed E-state index contributed by atoms with van der Waals surface area (Å²) in [7, 11) is -4.41. The SMILES string of the molecule is O=C(c1ccc(Br)c([N+](=O)[O-])c1)N1CCN(S(=O)(=O)c2c(F)cccc2F)CC1. The first-order valence-corrected chi connectivity index (χ1v) is 10.5. The molecule has 0 spiro atoms. The van der Waals surface area contributed by atoms with E-state index in [1.165, 1.54) is 17.0 Å². The van der Waals surface area contributed by atoms with Gasteiger partial charge in [-0.3, -0.25) is 14.9 Å². The molecule has 2 aromatic rings. The fraction of sp³-hybridized carbons (Fsp3) is 0.235. The van der Waals surface area contributed by atoms with Gasteiger partial charge in [-0.1, -0.05) is 6.07 Å². The number of hydrogen-bond donors (Lipinski definition) is 0. The van der Waals surface area contributed by atoms with Gasteiger partial charge in [0.2, 0.25) is 10.0 Å². The average molecular weight is 490 g/mol. The molecule has 0 atom stereocenters. The maximum Gasteiger partial charge on any atom is 0.284 e. The van der Waals surface area contributed by atoms with Crippen molar-refractivity contribution in [3.63, 3.8) is 0 Å². The van der Waals surface area contributed by atoms with Crippen molar-refractivity contribution in [1.29, 1.82) is 0 Å². The summed E-state index contributed by atoms with van der Waals surface area (Å²) in [5, 5.41) is 11.0. The van der Waals surface area contributed by atoms with Gasteiger partial charge in [0.25, 0.3) is 11.6 Å². The lowest BCUT2D eigenvalue weighted by Crippen LogP contribution is -2.50. The average Bonchev–Trinajstić information content (AvgIpc) is 2.67. The van der Waals surface area contributed by atoms with Crippen LogP contribution in [-0.2, 0) is 10.0 Å². The number of amides is 1. The lowest BCUT2D eigenvalue weighted by Gasteiger charge is -2.34. The number of piperazine rings is 1. The Balaban J connectivity index is 1.76. The summed E-state index contributed by atoms with van der Waals surface area (Å²) < 4.78 is 54.1. The molecule has 8 nitrogen and oxygen atoms in total. The Morgan fingerprint density at radius 2 is 1.66 bits per heavy atom. The molecule has 1 heterocycles. The minimum atomic E-state index is -4.41. The Morgan fingerprint density at radius 1 is 1.07 bits per heavy atom. The number of nitro benzene ring substituents is 1. The molecular formula is C17H14BrF2N3O5S. The predicted octanol–water partition coefficient (Wildman–Crippen LogP) is 2.78. The number of carbonyl (C=O) groups is 1. The van der Waals surface area contributed by atoms with Gasteiger partial charge in [-0.15, -0.1) is 0 Å². The number of benzene rings is 2. The highest BCUT2D eigenvalue weighted by Crippen LogP contribution is 2.27. The second kappa shape index (κ2) is 8.13. The third kappa shape index (κ3) is 4.14. The van der Waals surface area contributed by atoms with E-state index >= 15 is 0 Å². The van der Waals surface area contributed by atoms with Crippen LogP contribution in [-0.4, -0.2) is 54.6 Å². The zero-order chi connectivity index (χ0) is 21.3. The maximum absolute atomic E-state index is 13.9. The molecule has 154 valence electrons. The summed E-state index contributed by atoms with van der Waals surface area (Å²) >= 11 is 3.04. The molecule has 1 aliphatic heterocycles. The van der Waals surface area contributed by atoms with Crippen LogP contribution in [0.4, 0.5) is 14.5 Å². The van der Waals surface area contributed by atoms with Crippen LogP contribution >= 0.6 is 15.9 Å². The Bertz CT molecular complexity index is 1070. The van der Waals surface area contributed by atoms with Gasteiger partial charge in [-0.05, 0) is 40.2 Å². The molecule has 0 unspecified atom stereocenters. The van der Waals surface area contributed by atoms with Crippen LogP contribution in [0.2, 0.25) is 0 Å². The van der Waals surface area contributed by atoms with E-state index in [9.17, 15) is 32.1 Å². The fourth-order valence-electron chi connectivity index (χ4n) is 2.96. The molecule has 1 saturated heterocycles.